The summed E-state index contributed by atoms with van der Waals surface area (Å²) < 4.78 is 6.21. The zero-order valence-corrected chi connectivity index (χ0v) is 12.9. The van der Waals surface area contributed by atoms with Gasteiger partial charge in [-0.25, -0.2) is 0 Å². The molecule has 0 N–H and O–H groups in total. The minimum atomic E-state index is -1.42. The highest BCUT2D eigenvalue weighted by Crippen LogP contribution is 2.41. The Morgan fingerprint density at radius 2 is 1.75 bits per heavy atom. The van der Waals surface area contributed by atoms with Crippen molar-refractivity contribution in [3.63, 3.8) is 0 Å². The maximum Gasteiger partial charge on any atom is 0.184 e. The first-order valence-electron chi connectivity index (χ1n) is 5.93. The molecule has 90 valence electrons. The highest BCUT2D eigenvalue weighted by Gasteiger charge is 2.24. The van der Waals surface area contributed by atoms with Crippen LogP contribution < -0.4 is 5.30 Å². The fourth-order valence-electron chi connectivity index (χ4n) is 1.84. The lowest BCUT2D eigenvalue weighted by Crippen LogP contribution is -2.31. The van der Waals surface area contributed by atoms with Crippen molar-refractivity contribution in [2.75, 3.05) is 6.16 Å². The van der Waals surface area contributed by atoms with Gasteiger partial charge in [0.05, 0.1) is 5.85 Å². The van der Waals surface area contributed by atoms with Crippen LogP contribution in [-0.2, 0) is 4.43 Å². The van der Waals surface area contributed by atoms with Crippen LogP contribution in [0.15, 0.2) is 30.3 Å². The van der Waals surface area contributed by atoms with Crippen LogP contribution in [0.4, 0.5) is 0 Å². The maximum atomic E-state index is 6.21. The largest absolute Gasteiger partial charge is 0.411 e. The van der Waals surface area contributed by atoms with Crippen LogP contribution in [0.5, 0.6) is 0 Å². The summed E-state index contributed by atoms with van der Waals surface area (Å²) in [6, 6.07) is 10.8. The Kier molecular flexibility index (Phi) is 5.17. The lowest BCUT2D eigenvalue weighted by Gasteiger charge is -2.30. The Labute approximate surface area is 102 Å². The van der Waals surface area contributed by atoms with E-state index in [1.54, 1.807) is 0 Å². The predicted octanol–water partition coefficient (Wildman–Crippen LogP) is 4.01. The summed E-state index contributed by atoms with van der Waals surface area (Å²) in [7, 11) is -1.58. The van der Waals surface area contributed by atoms with Crippen molar-refractivity contribution < 1.29 is 4.43 Å². The number of hydrogen-bond donors (Lipinski definition) is 0. The van der Waals surface area contributed by atoms with Crippen LogP contribution in [0.3, 0.4) is 0 Å². The van der Waals surface area contributed by atoms with Gasteiger partial charge < -0.3 is 4.43 Å². The fraction of sp³-hybridized carbons (Fsp3) is 0.538. The molecule has 1 rings (SSSR count). The van der Waals surface area contributed by atoms with Gasteiger partial charge in [0.2, 0.25) is 0 Å². The molecule has 1 nitrogen and oxygen atoms in total. The van der Waals surface area contributed by atoms with Crippen LogP contribution >= 0.6 is 7.92 Å². The zero-order valence-electron chi connectivity index (χ0n) is 11.0. The van der Waals surface area contributed by atoms with Crippen LogP contribution in [0.2, 0.25) is 19.6 Å². The van der Waals surface area contributed by atoms with Crippen molar-refractivity contribution in [1.29, 1.82) is 0 Å². The van der Waals surface area contributed by atoms with Crippen molar-refractivity contribution in [1.82, 2.24) is 0 Å². The van der Waals surface area contributed by atoms with Gasteiger partial charge in [0.25, 0.3) is 0 Å². The second-order valence-electron chi connectivity index (χ2n) is 4.95. The monoisotopic (exact) mass is 254 g/mol. The van der Waals surface area contributed by atoms with Gasteiger partial charge in [0, 0.05) is 0 Å². The van der Waals surface area contributed by atoms with Gasteiger partial charge in [0.1, 0.15) is 0 Å². The number of hydrogen-bond acceptors (Lipinski definition) is 1. The second kappa shape index (κ2) is 5.95. The molecule has 0 saturated carbocycles. The standard InChI is InChI=1S/C13H23OPSi/c1-6-15(12(2)14-16(3,4)5)13-10-8-7-9-11-13/h7-12H,6H2,1-5H3. The summed E-state index contributed by atoms with van der Waals surface area (Å²) in [5.41, 5.74) is 0. The third-order valence-electron chi connectivity index (χ3n) is 2.39. The summed E-state index contributed by atoms with van der Waals surface area (Å²) in [5.74, 6) is 0.383. The smallest absolute Gasteiger partial charge is 0.184 e. The molecule has 0 spiro atoms. The first kappa shape index (κ1) is 13.9. The lowest BCUT2D eigenvalue weighted by molar-refractivity contribution is 0.296. The van der Waals surface area contributed by atoms with Crippen molar-refractivity contribution in [3.8, 4) is 0 Å². The van der Waals surface area contributed by atoms with E-state index in [1.165, 1.54) is 11.5 Å². The maximum absolute atomic E-state index is 6.21. The minimum Gasteiger partial charge on any atom is -0.411 e. The fourth-order valence-corrected chi connectivity index (χ4v) is 6.18. The quantitative estimate of drug-likeness (QED) is 0.570. The van der Waals surface area contributed by atoms with Crippen molar-refractivity contribution in [2.45, 2.75) is 39.3 Å². The van der Waals surface area contributed by atoms with Crippen molar-refractivity contribution in [2.24, 2.45) is 0 Å². The van der Waals surface area contributed by atoms with Crippen LogP contribution in [-0.4, -0.2) is 20.3 Å². The molecule has 1 aromatic rings. The third-order valence-corrected chi connectivity index (χ3v) is 6.28. The molecule has 0 aliphatic carbocycles. The molecule has 3 heteroatoms. The molecule has 0 fully saturated rings. The molecule has 0 heterocycles. The van der Waals surface area contributed by atoms with E-state index in [0.717, 1.165) is 0 Å². The number of rotatable bonds is 5. The normalized spacial score (nSPS) is 15.8. The molecule has 0 saturated heterocycles. The Hall–Kier alpha value is -0.173. The molecule has 0 aliphatic heterocycles. The molecule has 0 radical (unpaired) electrons. The molecule has 0 amide bonds. The Bertz CT molecular complexity index is 307. The van der Waals surface area contributed by atoms with Gasteiger partial charge in [-0.2, -0.15) is 0 Å². The van der Waals surface area contributed by atoms with Crippen LogP contribution in [0.25, 0.3) is 0 Å². The highest BCUT2D eigenvalue weighted by molar-refractivity contribution is 7.66. The van der Waals surface area contributed by atoms with Gasteiger partial charge in [-0.15, -0.1) is 0 Å². The minimum absolute atomic E-state index is 0.167. The van der Waals surface area contributed by atoms with E-state index in [1.807, 2.05) is 0 Å². The van der Waals surface area contributed by atoms with Crippen molar-refractivity contribution >= 4 is 21.5 Å². The average Bonchev–Trinajstić information content (AvgIpc) is 2.17. The summed E-state index contributed by atoms with van der Waals surface area (Å²) in [5, 5.41) is 1.46. The van der Waals surface area contributed by atoms with Gasteiger partial charge in [-0.3, -0.25) is 0 Å². The van der Waals surface area contributed by atoms with Gasteiger partial charge >= 0.3 is 0 Å². The summed E-state index contributed by atoms with van der Waals surface area (Å²) >= 11 is 0. The third kappa shape index (κ3) is 4.37. The molecule has 0 aliphatic rings. The number of benzene rings is 1. The lowest BCUT2D eigenvalue weighted by atomic mass is 10.4. The molecular weight excluding hydrogens is 231 g/mol. The molecule has 0 bridgehead atoms. The Balaban J connectivity index is 2.75. The predicted molar refractivity (Wildman–Crippen MR) is 77.4 cm³/mol. The highest BCUT2D eigenvalue weighted by atomic mass is 31.1. The summed E-state index contributed by atoms with van der Waals surface area (Å²) in [6.45, 7) is 11.3. The second-order valence-corrected chi connectivity index (χ2v) is 12.2. The van der Waals surface area contributed by atoms with E-state index in [-0.39, 0.29) is 7.92 Å². The molecule has 2 unspecified atom stereocenters. The van der Waals surface area contributed by atoms with Gasteiger partial charge in [-0.05, 0) is 46.0 Å². The van der Waals surface area contributed by atoms with E-state index in [2.05, 4.69) is 63.8 Å². The molecule has 2 atom stereocenters. The van der Waals surface area contributed by atoms with E-state index in [9.17, 15) is 0 Å². The van der Waals surface area contributed by atoms with E-state index in [4.69, 9.17) is 4.43 Å². The van der Waals surface area contributed by atoms with E-state index < -0.39 is 8.32 Å². The summed E-state index contributed by atoms with van der Waals surface area (Å²) in [4.78, 5) is 0. The molecule has 0 aromatic heterocycles. The molecule has 1 aromatic carbocycles. The van der Waals surface area contributed by atoms with Crippen molar-refractivity contribution in [3.05, 3.63) is 30.3 Å². The average molecular weight is 254 g/mol. The van der Waals surface area contributed by atoms with E-state index >= 15 is 0 Å². The zero-order chi connectivity index (χ0) is 12.2. The van der Waals surface area contributed by atoms with Crippen LogP contribution in [0.1, 0.15) is 13.8 Å². The molecular formula is C13H23OPSi. The van der Waals surface area contributed by atoms with Gasteiger partial charge in [0.15, 0.2) is 8.32 Å². The van der Waals surface area contributed by atoms with E-state index in [0.29, 0.717) is 5.85 Å². The topological polar surface area (TPSA) is 9.23 Å². The Morgan fingerprint density at radius 1 is 1.19 bits per heavy atom. The summed E-state index contributed by atoms with van der Waals surface area (Å²) in [6.07, 6.45) is 1.20. The van der Waals surface area contributed by atoms with Crippen LogP contribution in [0, 0.1) is 0 Å². The van der Waals surface area contributed by atoms with Gasteiger partial charge in [-0.1, -0.05) is 37.3 Å². The SMILES string of the molecule is CCP(c1ccccc1)C(C)O[Si](C)(C)C. The Morgan fingerprint density at radius 3 is 2.19 bits per heavy atom. The first-order chi connectivity index (χ1) is 7.44. The molecule has 16 heavy (non-hydrogen) atoms. The first-order valence-corrected chi connectivity index (χ1v) is 10.9.